The Kier molecular flexibility index (Phi) is 6.75. The van der Waals surface area contributed by atoms with Crippen LogP contribution in [-0.4, -0.2) is 37.6 Å². The maximum atomic E-state index is 12.9. The average molecular weight is 384 g/mol. The number of benzene rings is 1. The van der Waals surface area contributed by atoms with Crippen LogP contribution in [0.5, 0.6) is 11.5 Å². The molecule has 1 aromatic rings. The van der Waals surface area contributed by atoms with Crippen molar-refractivity contribution in [2.24, 2.45) is 0 Å². The Morgan fingerprint density at radius 3 is 2.48 bits per heavy atom. The molecule has 0 aromatic heterocycles. The molecule has 4 nitrogen and oxygen atoms in total. The van der Waals surface area contributed by atoms with Crippen molar-refractivity contribution in [1.29, 1.82) is 0 Å². The van der Waals surface area contributed by atoms with Crippen molar-refractivity contribution in [3.8, 4) is 11.5 Å². The summed E-state index contributed by atoms with van der Waals surface area (Å²) in [6.07, 6.45) is 7.16. The van der Waals surface area contributed by atoms with E-state index in [4.69, 9.17) is 9.47 Å². The number of nitrogens with zero attached hydrogens (tertiary/aromatic N) is 1. The quantitative estimate of drug-likeness (QED) is 0.694. The maximum Gasteiger partial charge on any atom is 0.254 e. The van der Waals surface area contributed by atoms with E-state index in [0.29, 0.717) is 29.7 Å². The van der Waals surface area contributed by atoms with Crippen molar-refractivity contribution < 1.29 is 14.3 Å². The van der Waals surface area contributed by atoms with Crippen LogP contribution in [0.3, 0.4) is 0 Å². The molecule has 23 heavy (non-hydrogen) atoms. The Balaban J connectivity index is 2.22. The van der Waals surface area contributed by atoms with E-state index in [-0.39, 0.29) is 5.91 Å². The van der Waals surface area contributed by atoms with Gasteiger partial charge in [-0.25, -0.2) is 0 Å². The molecular formula is C18H26BrNO3. The van der Waals surface area contributed by atoms with Crippen molar-refractivity contribution in [3.05, 3.63) is 22.2 Å². The molecule has 2 rings (SSSR count). The molecule has 0 heterocycles. The predicted molar refractivity (Wildman–Crippen MR) is 95.4 cm³/mol. The highest BCUT2D eigenvalue weighted by atomic mass is 79.9. The van der Waals surface area contributed by atoms with Gasteiger partial charge < -0.3 is 14.4 Å². The second kappa shape index (κ2) is 8.57. The summed E-state index contributed by atoms with van der Waals surface area (Å²) in [5.41, 5.74) is 0.629. The third-order valence-corrected chi connectivity index (χ3v) is 5.05. The van der Waals surface area contributed by atoms with Crippen LogP contribution in [0.2, 0.25) is 0 Å². The number of halogens is 1. The van der Waals surface area contributed by atoms with Crippen molar-refractivity contribution in [1.82, 2.24) is 4.90 Å². The maximum absolute atomic E-state index is 12.9. The van der Waals surface area contributed by atoms with Crippen molar-refractivity contribution in [2.75, 3.05) is 20.8 Å². The van der Waals surface area contributed by atoms with Gasteiger partial charge >= 0.3 is 0 Å². The lowest BCUT2D eigenvalue weighted by Crippen LogP contribution is -2.36. The van der Waals surface area contributed by atoms with Gasteiger partial charge in [0.05, 0.1) is 18.2 Å². The summed E-state index contributed by atoms with van der Waals surface area (Å²) in [4.78, 5) is 14.8. The van der Waals surface area contributed by atoms with E-state index in [1.165, 1.54) is 25.7 Å². The first-order chi connectivity index (χ1) is 11.1. The van der Waals surface area contributed by atoms with Gasteiger partial charge in [0.1, 0.15) is 0 Å². The van der Waals surface area contributed by atoms with Crippen LogP contribution in [0.4, 0.5) is 0 Å². The molecule has 1 aliphatic carbocycles. The van der Waals surface area contributed by atoms with Gasteiger partial charge in [-0.05, 0) is 47.8 Å². The van der Waals surface area contributed by atoms with Gasteiger partial charge in [-0.15, -0.1) is 0 Å². The first-order valence-electron chi connectivity index (χ1n) is 8.36. The molecule has 1 fully saturated rings. The molecule has 0 bridgehead atoms. The second-order valence-electron chi connectivity index (χ2n) is 5.98. The molecule has 0 unspecified atom stereocenters. The van der Waals surface area contributed by atoms with Crippen LogP contribution in [0.1, 0.15) is 55.8 Å². The molecule has 1 saturated carbocycles. The molecular weight excluding hydrogens is 358 g/mol. The molecule has 1 aliphatic rings. The average Bonchev–Trinajstić information content (AvgIpc) is 2.84. The fraction of sp³-hybridized carbons (Fsp3) is 0.611. The Labute approximate surface area is 147 Å². The largest absolute Gasteiger partial charge is 0.493 e. The SMILES string of the molecule is CCOc1c(Br)cc(C(=O)N(C)C2CCCCCC2)cc1OC. The first kappa shape index (κ1) is 18.1. The highest BCUT2D eigenvalue weighted by Crippen LogP contribution is 2.37. The molecule has 5 heteroatoms. The minimum atomic E-state index is 0.0407. The minimum absolute atomic E-state index is 0.0407. The van der Waals surface area contributed by atoms with Gasteiger partial charge in [0, 0.05) is 18.7 Å². The zero-order valence-electron chi connectivity index (χ0n) is 14.2. The van der Waals surface area contributed by atoms with E-state index in [9.17, 15) is 4.79 Å². The standard InChI is InChI=1S/C18H26BrNO3/c1-4-23-17-15(19)11-13(12-16(17)22-3)18(21)20(2)14-9-7-5-6-8-10-14/h11-12,14H,4-10H2,1-3H3. The fourth-order valence-corrected chi connectivity index (χ4v) is 3.70. The smallest absolute Gasteiger partial charge is 0.254 e. The van der Waals surface area contributed by atoms with E-state index in [2.05, 4.69) is 15.9 Å². The molecule has 1 amide bonds. The second-order valence-corrected chi connectivity index (χ2v) is 6.84. The number of carbonyl (C=O) groups excluding carboxylic acids is 1. The summed E-state index contributed by atoms with van der Waals surface area (Å²) in [5, 5.41) is 0. The summed E-state index contributed by atoms with van der Waals surface area (Å²) in [6.45, 7) is 2.47. The van der Waals surface area contributed by atoms with Crippen molar-refractivity contribution in [3.63, 3.8) is 0 Å². The van der Waals surface area contributed by atoms with Crippen molar-refractivity contribution in [2.45, 2.75) is 51.5 Å². The van der Waals surface area contributed by atoms with Gasteiger partial charge in [0.15, 0.2) is 11.5 Å². The van der Waals surface area contributed by atoms with Crippen molar-refractivity contribution >= 4 is 21.8 Å². The lowest BCUT2D eigenvalue weighted by molar-refractivity contribution is 0.0717. The van der Waals surface area contributed by atoms with Gasteiger partial charge in [-0.2, -0.15) is 0 Å². The number of ether oxygens (including phenoxy) is 2. The van der Waals surface area contributed by atoms with Crippen LogP contribution in [0.15, 0.2) is 16.6 Å². The fourth-order valence-electron chi connectivity index (χ4n) is 3.14. The van der Waals surface area contributed by atoms with E-state index in [1.54, 1.807) is 13.2 Å². The van der Waals surface area contributed by atoms with Gasteiger partial charge in [0.25, 0.3) is 5.91 Å². The van der Waals surface area contributed by atoms with Crippen LogP contribution in [0.25, 0.3) is 0 Å². The Hall–Kier alpha value is -1.23. The topological polar surface area (TPSA) is 38.8 Å². The molecule has 0 saturated heterocycles. The first-order valence-corrected chi connectivity index (χ1v) is 9.15. The molecule has 0 spiro atoms. The lowest BCUT2D eigenvalue weighted by Gasteiger charge is -2.27. The summed E-state index contributed by atoms with van der Waals surface area (Å²) < 4.78 is 11.7. The number of rotatable bonds is 5. The van der Waals surface area contributed by atoms with Crippen LogP contribution in [-0.2, 0) is 0 Å². The number of amides is 1. The monoisotopic (exact) mass is 383 g/mol. The highest BCUT2D eigenvalue weighted by molar-refractivity contribution is 9.10. The molecule has 0 aliphatic heterocycles. The molecule has 128 valence electrons. The van der Waals surface area contributed by atoms with E-state index in [0.717, 1.165) is 17.3 Å². The number of carbonyl (C=O) groups is 1. The Morgan fingerprint density at radius 2 is 1.91 bits per heavy atom. The van der Waals surface area contributed by atoms with Crippen LogP contribution < -0.4 is 9.47 Å². The Morgan fingerprint density at radius 1 is 1.26 bits per heavy atom. The highest BCUT2D eigenvalue weighted by Gasteiger charge is 2.24. The normalized spacial score (nSPS) is 15.8. The number of hydrogen-bond donors (Lipinski definition) is 0. The summed E-state index contributed by atoms with van der Waals surface area (Å²) in [6, 6.07) is 3.93. The van der Waals surface area contributed by atoms with Crippen LogP contribution in [0, 0.1) is 0 Å². The predicted octanol–water partition coefficient (Wildman–Crippen LogP) is 4.65. The molecule has 1 aromatic carbocycles. The third kappa shape index (κ3) is 4.40. The zero-order valence-corrected chi connectivity index (χ0v) is 15.8. The number of hydrogen-bond acceptors (Lipinski definition) is 3. The summed E-state index contributed by atoms with van der Waals surface area (Å²) in [7, 11) is 3.50. The lowest BCUT2D eigenvalue weighted by atomic mass is 10.1. The molecule has 0 radical (unpaired) electrons. The summed E-state index contributed by atoms with van der Waals surface area (Å²) >= 11 is 3.49. The van der Waals surface area contributed by atoms with E-state index < -0.39 is 0 Å². The van der Waals surface area contributed by atoms with Gasteiger partial charge in [-0.3, -0.25) is 4.79 Å². The van der Waals surface area contributed by atoms with Gasteiger partial charge in [0.2, 0.25) is 0 Å². The van der Waals surface area contributed by atoms with E-state index >= 15 is 0 Å². The number of methoxy groups -OCH3 is 1. The Bertz CT molecular complexity index is 539. The molecule has 0 N–H and O–H groups in total. The summed E-state index contributed by atoms with van der Waals surface area (Å²) in [5.74, 6) is 1.27. The third-order valence-electron chi connectivity index (χ3n) is 4.46. The van der Waals surface area contributed by atoms with Gasteiger partial charge in [-0.1, -0.05) is 25.7 Å². The van der Waals surface area contributed by atoms with Crippen LogP contribution >= 0.6 is 15.9 Å². The van der Waals surface area contributed by atoms with E-state index in [1.807, 2.05) is 24.9 Å². The molecule has 0 atom stereocenters. The zero-order chi connectivity index (χ0) is 16.8. The minimum Gasteiger partial charge on any atom is -0.493 e.